The van der Waals surface area contributed by atoms with E-state index >= 15 is 0 Å². The quantitative estimate of drug-likeness (QED) is 0.808. The summed E-state index contributed by atoms with van der Waals surface area (Å²) < 4.78 is 29.8. The molecule has 8 heteroatoms. The highest BCUT2D eigenvalue weighted by atomic mass is 32.2. The summed E-state index contributed by atoms with van der Waals surface area (Å²) in [5, 5.41) is 2.78. The Morgan fingerprint density at radius 2 is 1.96 bits per heavy atom. The number of rotatable bonds is 7. The van der Waals surface area contributed by atoms with E-state index in [0.29, 0.717) is 23.5 Å². The maximum Gasteiger partial charge on any atom is 0.251 e. The summed E-state index contributed by atoms with van der Waals surface area (Å²) in [4.78, 5) is 16.1. The molecule has 1 aromatic heterocycles. The van der Waals surface area contributed by atoms with Crippen LogP contribution in [0.4, 0.5) is 5.69 Å². The van der Waals surface area contributed by atoms with Crippen LogP contribution in [-0.4, -0.2) is 45.3 Å². The molecule has 0 bridgehead atoms. The van der Waals surface area contributed by atoms with Gasteiger partial charge in [-0.15, -0.1) is 0 Å². The van der Waals surface area contributed by atoms with Crippen LogP contribution in [0.1, 0.15) is 17.3 Å². The lowest BCUT2D eigenvalue weighted by atomic mass is 10.2. The number of nitrogens with zero attached hydrogens (tertiary/aromatic N) is 2. The molecule has 2 rings (SSSR count). The third-order valence-corrected chi connectivity index (χ3v) is 4.72. The van der Waals surface area contributed by atoms with E-state index in [1.165, 1.54) is 7.05 Å². The van der Waals surface area contributed by atoms with Crippen molar-refractivity contribution in [3.05, 3.63) is 54.4 Å². The van der Waals surface area contributed by atoms with Crippen molar-refractivity contribution in [2.45, 2.75) is 13.0 Å². The van der Waals surface area contributed by atoms with Crippen molar-refractivity contribution in [2.75, 3.05) is 24.2 Å². The maximum atomic E-state index is 12.2. The number of aromatic nitrogens is 1. The van der Waals surface area contributed by atoms with Gasteiger partial charge in [0, 0.05) is 18.8 Å². The molecule has 0 saturated carbocycles. The molecule has 25 heavy (non-hydrogen) atoms. The van der Waals surface area contributed by atoms with Crippen LogP contribution in [0.15, 0.2) is 48.8 Å². The minimum Gasteiger partial charge on any atom is -0.487 e. The van der Waals surface area contributed by atoms with Crippen LogP contribution in [0.5, 0.6) is 5.75 Å². The Morgan fingerprint density at radius 1 is 1.28 bits per heavy atom. The first-order valence-electron chi connectivity index (χ1n) is 7.66. The van der Waals surface area contributed by atoms with Gasteiger partial charge >= 0.3 is 0 Å². The van der Waals surface area contributed by atoms with Crippen molar-refractivity contribution in [3.63, 3.8) is 0 Å². The summed E-state index contributed by atoms with van der Waals surface area (Å²) in [6, 6.07) is 9.91. The normalized spacial score (nSPS) is 12.3. The van der Waals surface area contributed by atoms with Gasteiger partial charge < -0.3 is 10.1 Å². The van der Waals surface area contributed by atoms with Crippen molar-refractivity contribution in [1.82, 2.24) is 10.3 Å². The molecule has 1 aromatic carbocycles. The van der Waals surface area contributed by atoms with Gasteiger partial charge in [-0.2, -0.15) is 0 Å². The Labute approximate surface area is 147 Å². The summed E-state index contributed by atoms with van der Waals surface area (Å²) in [7, 11) is -1.87. The molecule has 1 unspecified atom stereocenters. The van der Waals surface area contributed by atoms with E-state index in [1.807, 2.05) is 6.92 Å². The number of pyridine rings is 1. The average molecular weight is 363 g/mol. The minimum atomic E-state index is -3.33. The number of hydrogen-bond donors (Lipinski definition) is 1. The molecule has 1 atom stereocenters. The molecule has 0 fully saturated rings. The summed E-state index contributed by atoms with van der Waals surface area (Å²) in [5.74, 6) is 0.382. The van der Waals surface area contributed by atoms with E-state index < -0.39 is 10.0 Å². The monoisotopic (exact) mass is 363 g/mol. The van der Waals surface area contributed by atoms with Gasteiger partial charge in [-0.05, 0) is 43.3 Å². The van der Waals surface area contributed by atoms with Crippen LogP contribution < -0.4 is 14.4 Å². The Balaban J connectivity index is 1.90. The van der Waals surface area contributed by atoms with Gasteiger partial charge in [0.25, 0.3) is 5.91 Å². The van der Waals surface area contributed by atoms with Gasteiger partial charge in [0.1, 0.15) is 11.9 Å². The molecular formula is C17H21N3O4S. The first-order chi connectivity index (χ1) is 11.8. The second-order valence-electron chi connectivity index (χ2n) is 5.60. The molecule has 0 spiro atoms. The highest BCUT2D eigenvalue weighted by Crippen LogP contribution is 2.16. The van der Waals surface area contributed by atoms with E-state index in [-0.39, 0.29) is 12.0 Å². The maximum absolute atomic E-state index is 12.2. The number of hydrogen-bond acceptors (Lipinski definition) is 5. The van der Waals surface area contributed by atoms with Gasteiger partial charge in [-0.25, -0.2) is 8.42 Å². The van der Waals surface area contributed by atoms with E-state index in [0.717, 1.165) is 10.6 Å². The topological polar surface area (TPSA) is 88.6 Å². The molecule has 0 aliphatic carbocycles. The molecule has 1 N–H and O–H groups in total. The van der Waals surface area contributed by atoms with Gasteiger partial charge in [-0.3, -0.25) is 14.1 Å². The molecule has 0 radical (unpaired) electrons. The predicted molar refractivity (Wildman–Crippen MR) is 96.3 cm³/mol. The average Bonchev–Trinajstić information content (AvgIpc) is 2.59. The number of anilines is 1. The number of ether oxygens (including phenoxy) is 1. The molecule has 134 valence electrons. The van der Waals surface area contributed by atoms with Gasteiger partial charge in [0.05, 0.1) is 24.7 Å². The Hall–Kier alpha value is -2.61. The highest BCUT2D eigenvalue weighted by Gasteiger charge is 2.13. The van der Waals surface area contributed by atoms with Gasteiger partial charge in [0.15, 0.2) is 0 Å². The second-order valence-corrected chi connectivity index (χ2v) is 7.62. The zero-order chi connectivity index (χ0) is 18.4. The first kappa shape index (κ1) is 18.7. The molecule has 7 nitrogen and oxygen atoms in total. The van der Waals surface area contributed by atoms with Crippen LogP contribution in [0.25, 0.3) is 0 Å². The van der Waals surface area contributed by atoms with Crippen molar-refractivity contribution >= 4 is 21.6 Å². The zero-order valence-corrected chi connectivity index (χ0v) is 15.2. The van der Waals surface area contributed by atoms with E-state index in [4.69, 9.17) is 4.74 Å². The number of carbonyl (C=O) groups is 1. The summed E-state index contributed by atoms with van der Waals surface area (Å²) in [5.41, 5.74) is 0.937. The van der Waals surface area contributed by atoms with Crippen LogP contribution >= 0.6 is 0 Å². The third kappa shape index (κ3) is 5.46. The van der Waals surface area contributed by atoms with E-state index in [2.05, 4.69) is 10.3 Å². The lowest BCUT2D eigenvalue weighted by molar-refractivity contribution is 0.0932. The van der Waals surface area contributed by atoms with Gasteiger partial charge in [0.2, 0.25) is 10.0 Å². The molecule has 0 saturated heterocycles. The summed E-state index contributed by atoms with van der Waals surface area (Å²) >= 11 is 0. The van der Waals surface area contributed by atoms with Crippen LogP contribution in [-0.2, 0) is 10.0 Å². The molecule has 0 aliphatic rings. The van der Waals surface area contributed by atoms with Crippen LogP contribution in [0.3, 0.4) is 0 Å². The largest absolute Gasteiger partial charge is 0.487 e. The summed E-state index contributed by atoms with van der Waals surface area (Å²) in [6.45, 7) is 2.18. The molecule has 0 aliphatic heterocycles. The molecule has 1 heterocycles. The number of carbonyl (C=O) groups excluding carboxylic acids is 1. The third-order valence-electron chi connectivity index (χ3n) is 3.51. The fourth-order valence-electron chi connectivity index (χ4n) is 2.04. The van der Waals surface area contributed by atoms with E-state index in [9.17, 15) is 13.2 Å². The number of amides is 1. The van der Waals surface area contributed by atoms with Crippen LogP contribution in [0.2, 0.25) is 0 Å². The first-order valence-corrected chi connectivity index (χ1v) is 9.51. The number of sulfonamides is 1. The standard InChI is InChI=1S/C17H21N3O4S/c1-13(24-16-5-4-10-18-12-16)11-19-17(21)14-6-8-15(9-7-14)20(2)25(3,22)23/h4-10,12-13H,11H2,1-3H3,(H,19,21). The lowest BCUT2D eigenvalue weighted by Crippen LogP contribution is -2.33. The van der Waals surface area contributed by atoms with Crippen molar-refractivity contribution in [3.8, 4) is 5.75 Å². The Bertz CT molecular complexity index is 808. The van der Waals surface area contributed by atoms with Crippen molar-refractivity contribution in [1.29, 1.82) is 0 Å². The second kappa shape index (κ2) is 7.98. The molecule has 1 amide bonds. The van der Waals surface area contributed by atoms with E-state index in [1.54, 1.807) is 48.8 Å². The summed E-state index contributed by atoms with van der Waals surface area (Å²) in [6.07, 6.45) is 4.17. The number of benzene rings is 1. The molecule has 2 aromatic rings. The van der Waals surface area contributed by atoms with Crippen LogP contribution in [0, 0.1) is 0 Å². The SMILES string of the molecule is CC(CNC(=O)c1ccc(N(C)S(C)(=O)=O)cc1)Oc1cccnc1. The highest BCUT2D eigenvalue weighted by molar-refractivity contribution is 7.92. The minimum absolute atomic E-state index is 0.219. The fraction of sp³-hybridized carbons (Fsp3) is 0.294. The number of nitrogens with one attached hydrogen (secondary N) is 1. The Morgan fingerprint density at radius 3 is 2.52 bits per heavy atom. The fourth-order valence-corrected chi connectivity index (χ4v) is 2.55. The van der Waals surface area contributed by atoms with Crippen molar-refractivity contribution < 1.29 is 17.9 Å². The van der Waals surface area contributed by atoms with Crippen molar-refractivity contribution in [2.24, 2.45) is 0 Å². The Kier molecular flexibility index (Phi) is 5.97. The smallest absolute Gasteiger partial charge is 0.251 e. The van der Waals surface area contributed by atoms with Gasteiger partial charge in [-0.1, -0.05) is 0 Å². The predicted octanol–water partition coefficient (Wildman–Crippen LogP) is 1.67. The lowest BCUT2D eigenvalue weighted by Gasteiger charge is -2.17. The zero-order valence-electron chi connectivity index (χ0n) is 14.3. The molecular weight excluding hydrogens is 342 g/mol.